The molecule has 1 aromatic heterocycles. The summed E-state index contributed by atoms with van der Waals surface area (Å²) in [6, 6.07) is 12.6. The second-order valence-electron chi connectivity index (χ2n) is 6.08. The minimum atomic E-state index is -0.266. The van der Waals surface area contributed by atoms with Crippen LogP contribution in [0.2, 0.25) is 10.0 Å². The Morgan fingerprint density at radius 2 is 1.96 bits per heavy atom. The van der Waals surface area contributed by atoms with Gasteiger partial charge in [-0.3, -0.25) is 4.79 Å². The lowest BCUT2D eigenvalue weighted by Gasteiger charge is -2.22. The highest BCUT2D eigenvalue weighted by atomic mass is 35.5. The Bertz CT molecular complexity index is 874. The van der Waals surface area contributed by atoms with E-state index in [4.69, 9.17) is 23.2 Å². The van der Waals surface area contributed by atoms with Crippen LogP contribution in [0.1, 0.15) is 42.5 Å². The average molecular weight is 376 g/mol. The Morgan fingerprint density at radius 1 is 1.20 bits per heavy atom. The van der Waals surface area contributed by atoms with Gasteiger partial charge in [-0.25, -0.2) is 4.98 Å². The fourth-order valence-electron chi connectivity index (χ4n) is 2.73. The van der Waals surface area contributed by atoms with E-state index in [1.54, 1.807) is 18.2 Å². The molecule has 0 aliphatic carbocycles. The molecule has 25 heavy (non-hydrogen) atoms. The van der Waals surface area contributed by atoms with Crippen molar-refractivity contribution in [1.29, 1.82) is 0 Å². The van der Waals surface area contributed by atoms with Crippen molar-refractivity contribution in [3.05, 3.63) is 63.9 Å². The van der Waals surface area contributed by atoms with Crippen LogP contribution in [0.25, 0.3) is 11.0 Å². The van der Waals surface area contributed by atoms with Crippen molar-refractivity contribution in [3.63, 3.8) is 0 Å². The molecule has 0 saturated heterocycles. The van der Waals surface area contributed by atoms with Gasteiger partial charge in [-0.1, -0.05) is 61.7 Å². The zero-order valence-corrected chi connectivity index (χ0v) is 15.5. The summed E-state index contributed by atoms with van der Waals surface area (Å²) in [7, 11) is 0. The molecule has 3 aromatic rings. The number of fused-ring (bicyclic) bond motifs is 1. The third-order valence-corrected chi connectivity index (χ3v) is 5.22. The molecule has 0 bridgehead atoms. The van der Waals surface area contributed by atoms with Crippen LogP contribution in [0.3, 0.4) is 0 Å². The molecule has 130 valence electrons. The summed E-state index contributed by atoms with van der Waals surface area (Å²) in [6.07, 6.45) is 0.894. The molecule has 2 N–H and O–H groups in total. The van der Waals surface area contributed by atoms with Gasteiger partial charge in [-0.05, 0) is 30.2 Å². The fraction of sp³-hybridized carbons (Fsp3) is 0.263. The van der Waals surface area contributed by atoms with Crippen LogP contribution >= 0.6 is 23.2 Å². The number of rotatable bonds is 5. The highest BCUT2D eigenvalue weighted by Crippen LogP contribution is 2.28. The summed E-state index contributed by atoms with van der Waals surface area (Å²) in [4.78, 5) is 20.7. The lowest BCUT2D eigenvalue weighted by Crippen LogP contribution is -2.33. The number of carbonyl (C=O) groups excluding carboxylic acids is 1. The zero-order valence-electron chi connectivity index (χ0n) is 14.0. The van der Waals surface area contributed by atoms with E-state index in [-0.39, 0.29) is 22.9 Å². The number of aromatic amines is 1. The molecule has 0 aliphatic heterocycles. The number of nitrogens with one attached hydrogen (secondary N) is 2. The summed E-state index contributed by atoms with van der Waals surface area (Å²) in [5.74, 6) is 0.669. The standard InChI is InChI=1S/C19H19Cl2N3O/c1-3-11(2)17(18-22-14-9-4-5-10-15(14)23-18)24-19(25)12-7-6-8-13(20)16(12)21/h4-11,17H,3H2,1-2H3,(H,22,23)(H,24,25). The van der Waals surface area contributed by atoms with Gasteiger partial charge in [0.15, 0.2) is 0 Å². The Hall–Kier alpha value is -2.04. The predicted molar refractivity (Wildman–Crippen MR) is 102 cm³/mol. The van der Waals surface area contributed by atoms with Gasteiger partial charge in [-0.2, -0.15) is 0 Å². The van der Waals surface area contributed by atoms with Gasteiger partial charge >= 0.3 is 0 Å². The molecule has 1 heterocycles. The first kappa shape index (κ1) is 17.8. The molecular formula is C19H19Cl2N3O. The highest BCUT2D eigenvalue weighted by molar-refractivity contribution is 6.43. The molecule has 2 atom stereocenters. The second kappa shape index (κ2) is 7.46. The molecule has 3 rings (SSSR count). The zero-order chi connectivity index (χ0) is 18.0. The summed E-state index contributed by atoms with van der Waals surface area (Å²) < 4.78 is 0. The maximum Gasteiger partial charge on any atom is 0.253 e. The van der Waals surface area contributed by atoms with Crippen LogP contribution in [0.15, 0.2) is 42.5 Å². The summed E-state index contributed by atoms with van der Waals surface area (Å²) in [6.45, 7) is 4.16. The minimum absolute atomic E-state index is 0.197. The number of para-hydroxylation sites is 2. The molecule has 1 amide bonds. The molecule has 0 radical (unpaired) electrons. The Morgan fingerprint density at radius 3 is 2.68 bits per heavy atom. The average Bonchev–Trinajstić information content (AvgIpc) is 3.04. The van der Waals surface area contributed by atoms with Crippen LogP contribution in [-0.2, 0) is 0 Å². The van der Waals surface area contributed by atoms with E-state index in [1.807, 2.05) is 24.3 Å². The number of H-pyrrole nitrogens is 1. The van der Waals surface area contributed by atoms with Crippen LogP contribution in [0.4, 0.5) is 0 Å². The van der Waals surface area contributed by atoms with Crippen LogP contribution in [0.5, 0.6) is 0 Å². The number of aromatic nitrogens is 2. The first-order chi connectivity index (χ1) is 12.0. The van der Waals surface area contributed by atoms with Crippen molar-refractivity contribution >= 4 is 40.1 Å². The van der Waals surface area contributed by atoms with Gasteiger partial charge in [-0.15, -0.1) is 0 Å². The first-order valence-electron chi connectivity index (χ1n) is 8.20. The molecule has 0 fully saturated rings. The van der Waals surface area contributed by atoms with Crippen molar-refractivity contribution in [2.24, 2.45) is 5.92 Å². The summed E-state index contributed by atoms with van der Waals surface area (Å²) in [5, 5.41) is 3.67. The van der Waals surface area contributed by atoms with Crippen molar-refractivity contribution in [2.75, 3.05) is 0 Å². The van der Waals surface area contributed by atoms with E-state index in [0.29, 0.717) is 10.6 Å². The molecule has 6 heteroatoms. The smallest absolute Gasteiger partial charge is 0.253 e. The van der Waals surface area contributed by atoms with Crippen molar-refractivity contribution < 1.29 is 4.79 Å². The van der Waals surface area contributed by atoms with Crippen molar-refractivity contribution in [1.82, 2.24) is 15.3 Å². The summed E-state index contributed by atoms with van der Waals surface area (Å²) in [5.41, 5.74) is 2.18. The van der Waals surface area contributed by atoms with E-state index in [9.17, 15) is 4.79 Å². The molecular weight excluding hydrogens is 357 g/mol. The van der Waals surface area contributed by atoms with Gasteiger partial charge < -0.3 is 10.3 Å². The topological polar surface area (TPSA) is 57.8 Å². The minimum Gasteiger partial charge on any atom is -0.342 e. The maximum atomic E-state index is 12.7. The SMILES string of the molecule is CCC(C)C(NC(=O)c1cccc(Cl)c1Cl)c1nc2ccccc2[nH]1. The third-order valence-electron chi connectivity index (χ3n) is 4.40. The number of halogens is 2. The van der Waals surface area contributed by atoms with E-state index in [2.05, 4.69) is 29.1 Å². The molecule has 0 saturated carbocycles. The number of hydrogen-bond acceptors (Lipinski definition) is 2. The van der Waals surface area contributed by atoms with E-state index >= 15 is 0 Å². The number of nitrogens with zero attached hydrogens (tertiary/aromatic N) is 1. The van der Waals surface area contributed by atoms with Gasteiger partial charge in [0.05, 0.1) is 32.7 Å². The predicted octanol–water partition coefficient (Wildman–Crippen LogP) is 5.39. The maximum absolute atomic E-state index is 12.7. The monoisotopic (exact) mass is 375 g/mol. The molecule has 2 aromatic carbocycles. The molecule has 0 spiro atoms. The number of amides is 1. The van der Waals surface area contributed by atoms with Crippen molar-refractivity contribution in [2.45, 2.75) is 26.3 Å². The molecule has 4 nitrogen and oxygen atoms in total. The van der Waals surface area contributed by atoms with Crippen LogP contribution in [-0.4, -0.2) is 15.9 Å². The van der Waals surface area contributed by atoms with E-state index in [1.165, 1.54) is 0 Å². The van der Waals surface area contributed by atoms with E-state index < -0.39 is 0 Å². The Balaban J connectivity index is 1.93. The molecule has 0 aliphatic rings. The van der Waals surface area contributed by atoms with Crippen LogP contribution < -0.4 is 5.32 Å². The van der Waals surface area contributed by atoms with Gasteiger partial charge in [0.2, 0.25) is 0 Å². The second-order valence-corrected chi connectivity index (χ2v) is 6.86. The highest BCUT2D eigenvalue weighted by Gasteiger charge is 2.25. The van der Waals surface area contributed by atoms with Gasteiger partial charge in [0.25, 0.3) is 5.91 Å². The number of carbonyl (C=O) groups is 1. The first-order valence-corrected chi connectivity index (χ1v) is 8.96. The quantitative estimate of drug-likeness (QED) is 0.628. The summed E-state index contributed by atoms with van der Waals surface area (Å²) >= 11 is 12.2. The van der Waals surface area contributed by atoms with Gasteiger partial charge in [0, 0.05) is 0 Å². The lowest BCUT2D eigenvalue weighted by molar-refractivity contribution is 0.0920. The molecule has 2 unspecified atom stereocenters. The van der Waals surface area contributed by atoms with Gasteiger partial charge in [0.1, 0.15) is 5.82 Å². The van der Waals surface area contributed by atoms with E-state index in [0.717, 1.165) is 23.3 Å². The van der Waals surface area contributed by atoms with Crippen LogP contribution in [0, 0.1) is 5.92 Å². The largest absolute Gasteiger partial charge is 0.342 e. The Labute approximate surface area is 156 Å². The third kappa shape index (κ3) is 3.65. The Kier molecular flexibility index (Phi) is 5.30. The normalized spacial score (nSPS) is 13.6. The number of imidazole rings is 1. The lowest BCUT2D eigenvalue weighted by atomic mass is 9.98. The fourth-order valence-corrected chi connectivity index (χ4v) is 3.12. The number of benzene rings is 2. The number of hydrogen-bond donors (Lipinski definition) is 2. The van der Waals surface area contributed by atoms with Crippen molar-refractivity contribution in [3.8, 4) is 0 Å².